The van der Waals surface area contributed by atoms with Crippen molar-refractivity contribution in [2.24, 2.45) is 5.92 Å². The Labute approximate surface area is 147 Å². The first-order chi connectivity index (χ1) is 12.0. The topological polar surface area (TPSA) is 66.9 Å². The third-order valence-electron chi connectivity index (χ3n) is 4.80. The Balaban J connectivity index is 1.58. The van der Waals surface area contributed by atoms with Crippen molar-refractivity contribution in [1.82, 2.24) is 4.90 Å². The van der Waals surface area contributed by atoms with Crippen molar-refractivity contribution >= 4 is 23.5 Å². The number of piperidine rings is 1. The van der Waals surface area contributed by atoms with Gasteiger partial charge in [-0.2, -0.15) is 0 Å². The molecule has 6 heteroatoms. The van der Waals surface area contributed by atoms with E-state index in [0.717, 1.165) is 32.4 Å². The molecule has 1 atom stereocenters. The fourth-order valence-electron chi connectivity index (χ4n) is 3.44. The van der Waals surface area contributed by atoms with Crippen LogP contribution in [0.5, 0.6) is 0 Å². The first kappa shape index (κ1) is 17.5. The number of benzene rings is 1. The van der Waals surface area contributed by atoms with Gasteiger partial charge in [0.05, 0.1) is 5.56 Å². The van der Waals surface area contributed by atoms with Crippen LogP contribution in [0.3, 0.4) is 0 Å². The van der Waals surface area contributed by atoms with Crippen molar-refractivity contribution in [3.05, 3.63) is 29.8 Å². The zero-order valence-corrected chi connectivity index (χ0v) is 14.6. The summed E-state index contributed by atoms with van der Waals surface area (Å²) in [4.78, 5) is 39.7. The lowest BCUT2D eigenvalue weighted by Gasteiger charge is -2.30. The molecule has 0 aliphatic carbocycles. The monoisotopic (exact) mass is 344 g/mol. The lowest BCUT2D eigenvalue weighted by molar-refractivity contribution is -0.136. The van der Waals surface area contributed by atoms with Gasteiger partial charge in [-0.25, -0.2) is 4.79 Å². The number of carbonyl (C=O) groups excluding carboxylic acids is 3. The van der Waals surface area contributed by atoms with E-state index in [-0.39, 0.29) is 18.4 Å². The van der Waals surface area contributed by atoms with Crippen LogP contribution in [0.4, 0.5) is 5.69 Å². The predicted molar refractivity (Wildman–Crippen MR) is 93.3 cm³/mol. The van der Waals surface area contributed by atoms with Crippen LogP contribution in [0.2, 0.25) is 0 Å². The Hall–Kier alpha value is -2.37. The maximum Gasteiger partial charge on any atom is 0.338 e. The summed E-state index contributed by atoms with van der Waals surface area (Å²) in [6.45, 7) is 4.01. The van der Waals surface area contributed by atoms with Gasteiger partial charge in [-0.05, 0) is 43.4 Å². The summed E-state index contributed by atoms with van der Waals surface area (Å²) in [7, 11) is 0. The van der Waals surface area contributed by atoms with E-state index in [4.69, 9.17) is 4.74 Å². The molecule has 2 heterocycles. The highest BCUT2D eigenvalue weighted by Crippen LogP contribution is 2.22. The van der Waals surface area contributed by atoms with Gasteiger partial charge in [0.25, 0.3) is 5.91 Å². The fourth-order valence-corrected chi connectivity index (χ4v) is 3.44. The van der Waals surface area contributed by atoms with Gasteiger partial charge in [-0.1, -0.05) is 13.0 Å². The van der Waals surface area contributed by atoms with Gasteiger partial charge in [0.2, 0.25) is 5.91 Å². The van der Waals surface area contributed by atoms with Crippen molar-refractivity contribution in [2.75, 3.05) is 31.1 Å². The maximum atomic E-state index is 12.2. The van der Waals surface area contributed by atoms with Crippen LogP contribution in [0, 0.1) is 5.92 Å². The molecule has 2 amide bonds. The molecular formula is C19H24N2O4. The molecule has 134 valence electrons. The summed E-state index contributed by atoms with van der Waals surface area (Å²) in [6, 6.07) is 6.82. The lowest BCUT2D eigenvalue weighted by Crippen LogP contribution is -2.41. The number of esters is 1. The molecule has 0 saturated carbocycles. The molecule has 0 unspecified atom stereocenters. The Kier molecular flexibility index (Phi) is 5.36. The van der Waals surface area contributed by atoms with Crippen LogP contribution in [-0.4, -0.2) is 48.9 Å². The lowest BCUT2D eigenvalue weighted by atomic mass is 10.0. The van der Waals surface area contributed by atoms with Crippen molar-refractivity contribution < 1.29 is 19.1 Å². The van der Waals surface area contributed by atoms with Crippen LogP contribution >= 0.6 is 0 Å². The normalized spacial score (nSPS) is 20.7. The standard InChI is InChI=1S/C19H24N2O4/c1-14-5-3-9-20(12-14)18(23)13-25-19(24)15-6-2-7-16(11-15)21-10-4-8-17(21)22/h2,6-7,11,14H,3-5,8-10,12-13H2,1H3/t14-/m0/s1. The van der Waals surface area contributed by atoms with Crippen molar-refractivity contribution in [3.8, 4) is 0 Å². The van der Waals surface area contributed by atoms with E-state index in [2.05, 4.69) is 6.92 Å². The molecule has 3 rings (SSSR count). The average molecular weight is 344 g/mol. The van der Waals surface area contributed by atoms with E-state index in [9.17, 15) is 14.4 Å². The second-order valence-electron chi connectivity index (χ2n) is 6.86. The summed E-state index contributed by atoms with van der Waals surface area (Å²) in [6.07, 6.45) is 3.49. The molecule has 2 aliphatic heterocycles. The van der Waals surface area contributed by atoms with Gasteiger partial charge in [-0.15, -0.1) is 0 Å². The van der Waals surface area contributed by atoms with Gasteiger partial charge in [0.15, 0.2) is 6.61 Å². The third-order valence-corrected chi connectivity index (χ3v) is 4.80. The largest absolute Gasteiger partial charge is 0.452 e. The number of hydrogen-bond acceptors (Lipinski definition) is 4. The van der Waals surface area contributed by atoms with Crippen molar-refractivity contribution in [3.63, 3.8) is 0 Å². The van der Waals surface area contributed by atoms with Gasteiger partial charge in [0, 0.05) is 31.7 Å². The molecule has 0 spiro atoms. The van der Waals surface area contributed by atoms with E-state index in [1.165, 1.54) is 0 Å². The van der Waals surface area contributed by atoms with Gasteiger partial charge >= 0.3 is 5.97 Å². The van der Waals surface area contributed by atoms with Crippen LogP contribution in [0.25, 0.3) is 0 Å². The molecule has 1 aromatic rings. The number of amides is 2. The summed E-state index contributed by atoms with van der Waals surface area (Å²) >= 11 is 0. The minimum atomic E-state index is -0.535. The molecule has 2 fully saturated rings. The molecule has 0 bridgehead atoms. The van der Waals surface area contributed by atoms with E-state index in [1.54, 1.807) is 34.1 Å². The second kappa shape index (κ2) is 7.68. The molecule has 0 radical (unpaired) electrons. The molecule has 0 aromatic heterocycles. The Morgan fingerprint density at radius 1 is 1.24 bits per heavy atom. The predicted octanol–water partition coefficient (Wildman–Crippen LogP) is 2.23. The van der Waals surface area contributed by atoms with Gasteiger partial charge in [0.1, 0.15) is 0 Å². The fraction of sp³-hybridized carbons (Fsp3) is 0.526. The van der Waals surface area contributed by atoms with E-state index < -0.39 is 5.97 Å². The van der Waals surface area contributed by atoms with E-state index >= 15 is 0 Å². The average Bonchev–Trinajstić information content (AvgIpc) is 3.05. The number of rotatable bonds is 4. The Bertz CT molecular complexity index is 673. The minimum absolute atomic E-state index is 0.0694. The second-order valence-corrected chi connectivity index (χ2v) is 6.86. The number of carbonyl (C=O) groups is 3. The third kappa shape index (κ3) is 4.18. The first-order valence-electron chi connectivity index (χ1n) is 8.90. The Morgan fingerprint density at radius 2 is 2.08 bits per heavy atom. The summed E-state index contributed by atoms with van der Waals surface area (Å²) < 4.78 is 5.19. The summed E-state index contributed by atoms with van der Waals surface area (Å²) in [5, 5.41) is 0. The molecule has 1 aromatic carbocycles. The van der Waals surface area contributed by atoms with Crippen LogP contribution < -0.4 is 4.90 Å². The number of anilines is 1. The highest BCUT2D eigenvalue weighted by atomic mass is 16.5. The number of ether oxygens (including phenoxy) is 1. The number of nitrogens with zero attached hydrogens (tertiary/aromatic N) is 2. The molecule has 6 nitrogen and oxygen atoms in total. The SMILES string of the molecule is C[C@H]1CCCN(C(=O)COC(=O)c2cccc(N3CCCC3=O)c2)C1. The van der Waals surface area contributed by atoms with Gasteiger partial charge < -0.3 is 14.5 Å². The van der Waals surface area contributed by atoms with Crippen molar-refractivity contribution in [2.45, 2.75) is 32.6 Å². The van der Waals surface area contributed by atoms with Crippen LogP contribution in [0.15, 0.2) is 24.3 Å². The number of likely N-dealkylation sites (tertiary alicyclic amines) is 1. The highest BCUT2D eigenvalue weighted by Gasteiger charge is 2.24. The van der Waals surface area contributed by atoms with Crippen molar-refractivity contribution in [1.29, 1.82) is 0 Å². The van der Waals surface area contributed by atoms with Crippen LogP contribution in [0.1, 0.15) is 43.0 Å². The smallest absolute Gasteiger partial charge is 0.338 e. The Morgan fingerprint density at radius 3 is 2.80 bits per heavy atom. The molecule has 0 N–H and O–H groups in total. The summed E-state index contributed by atoms with van der Waals surface area (Å²) in [5.74, 6) is -0.124. The van der Waals surface area contributed by atoms with Gasteiger partial charge in [-0.3, -0.25) is 9.59 Å². The minimum Gasteiger partial charge on any atom is -0.452 e. The molecule has 2 saturated heterocycles. The number of hydrogen-bond donors (Lipinski definition) is 0. The zero-order valence-electron chi connectivity index (χ0n) is 14.6. The zero-order chi connectivity index (χ0) is 17.8. The summed E-state index contributed by atoms with van der Waals surface area (Å²) in [5.41, 5.74) is 1.06. The molecule has 25 heavy (non-hydrogen) atoms. The molecule has 2 aliphatic rings. The van der Waals surface area contributed by atoms with Crippen LogP contribution in [-0.2, 0) is 14.3 Å². The highest BCUT2D eigenvalue weighted by molar-refractivity contribution is 5.97. The quantitative estimate of drug-likeness (QED) is 0.786. The maximum absolute atomic E-state index is 12.2. The first-order valence-corrected chi connectivity index (χ1v) is 8.90. The van der Waals surface area contributed by atoms with E-state index in [0.29, 0.717) is 30.1 Å². The molecular weight excluding hydrogens is 320 g/mol. The van der Waals surface area contributed by atoms with E-state index in [1.807, 2.05) is 0 Å².